The van der Waals surface area contributed by atoms with Crippen LogP contribution >= 0.6 is 0 Å². The molecule has 2 heteroatoms. The van der Waals surface area contributed by atoms with Crippen molar-refractivity contribution in [3.63, 3.8) is 0 Å². The zero-order valence-corrected chi connectivity index (χ0v) is 9.65. The number of nitrogens with two attached hydrogens (primary N) is 1. The Hall–Kier alpha value is -1.31. The summed E-state index contributed by atoms with van der Waals surface area (Å²) < 4.78 is 0. The highest BCUT2D eigenvalue weighted by molar-refractivity contribution is 5.84. The van der Waals surface area contributed by atoms with Crippen LogP contribution in [0.5, 0.6) is 0 Å². The van der Waals surface area contributed by atoms with Crippen LogP contribution < -0.4 is 5.73 Å². The molecule has 86 valence electrons. The molecule has 0 aliphatic heterocycles. The van der Waals surface area contributed by atoms with Gasteiger partial charge >= 0.3 is 0 Å². The molecule has 2 nitrogen and oxygen atoms in total. The lowest BCUT2D eigenvalue weighted by atomic mass is 9.76. The smallest absolute Gasteiger partial charge is 0.0984 e. The SMILES string of the molecule is N=C(N)[C@@H](c1ccccc1)C1CCCCC1. The fourth-order valence-corrected chi connectivity index (χ4v) is 2.83. The third kappa shape index (κ3) is 2.43. The fraction of sp³-hybridized carbons (Fsp3) is 0.500. The Bertz CT molecular complexity index is 339. The summed E-state index contributed by atoms with van der Waals surface area (Å²) in [6, 6.07) is 10.3. The summed E-state index contributed by atoms with van der Waals surface area (Å²) >= 11 is 0. The standard InChI is InChI=1S/C14H20N2/c15-14(16)13(11-7-3-1-4-8-11)12-9-5-2-6-10-12/h1,3-4,7-8,12-13H,2,5-6,9-10H2,(H3,15,16)/t13-/m0/s1. The first kappa shape index (κ1) is 11.2. The first-order valence-corrected chi connectivity index (χ1v) is 6.18. The van der Waals surface area contributed by atoms with E-state index in [4.69, 9.17) is 11.1 Å². The Morgan fingerprint density at radius 2 is 1.75 bits per heavy atom. The van der Waals surface area contributed by atoms with Gasteiger partial charge < -0.3 is 5.73 Å². The summed E-state index contributed by atoms with van der Waals surface area (Å²) in [7, 11) is 0. The maximum absolute atomic E-state index is 7.80. The number of rotatable bonds is 3. The van der Waals surface area contributed by atoms with E-state index in [1.807, 2.05) is 18.2 Å². The van der Waals surface area contributed by atoms with Gasteiger partial charge in [-0.05, 0) is 24.3 Å². The highest BCUT2D eigenvalue weighted by Crippen LogP contribution is 2.35. The van der Waals surface area contributed by atoms with Gasteiger partial charge in [-0.2, -0.15) is 0 Å². The van der Waals surface area contributed by atoms with Gasteiger partial charge in [0.1, 0.15) is 0 Å². The minimum absolute atomic E-state index is 0.140. The molecule has 1 atom stereocenters. The van der Waals surface area contributed by atoms with Crippen LogP contribution in [0.25, 0.3) is 0 Å². The van der Waals surface area contributed by atoms with Crippen molar-refractivity contribution >= 4 is 5.84 Å². The molecule has 1 saturated carbocycles. The van der Waals surface area contributed by atoms with Crippen LogP contribution in [0.15, 0.2) is 30.3 Å². The van der Waals surface area contributed by atoms with Crippen molar-refractivity contribution in [1.29, 1.82) is 5.41 Å². The average Bonchev–Trinajstić information content (AvgIpc) is 2.31. The Morgan fingerprint density at radius 3 is 2.31 bits per heavy atom. The van der Waals surface area contributed by atoms with Gasteiger partial charge in [0, 0.05) is 5.92 Å². The van der Waals surface area contributed by atoms with Crippen molar-refractivity contribution in [3.05, 3.63) is 35.9 Å². The minimum Gasteiger partial charge on any atom is -0.387 e. The molecule has 1 aromatic carbocycles. The predicted octanol–water partition coefficient (Wildman–Crippen LogP) is 3.29. The molecule has 0 bridgehead atoms. The molecule has 0 saturated heterocycles. The molecule has 0 heterocycles. The summed E-state index contributed by atoms with van der Waals surface area (Å²) in [4.78, 5) is 0. The molecule has 0 aromatic heterocycles. The molecular weight excluding hydrogens is 196 g/mol. The van der Waals surface area contributed by atoms with Gasteiger partial charge in [-0.25, -0.2) is 0 Å². The molecule has 1 aliphatic carbocycles. The van der Waals surface area contributed by atoms with Crippen LogP contribution in [0.3, 0.4) is 0 Å². The molecule has 0 radical (unpaired) electrons. The van der Waals surface area contributed by atoms with Gasteiger partial charge in [-0.1, -0.05) is 49.6 Å². The summed E-state index contributed by atoms with van der Waals surface area (Å²) in [6.07, 6.45) is 6.37. The number of benzene rings is 1. The second-order valence-electron chi connectivity index (χ2n) is 4.74. The quantitative estimate of drug-likeness (QED) is 0.591. The zero-order valence-electron chi connectivity index (χ0n) is 9.65. The summed E-state index contributed by atoms with van der Waals surface area (Å²) in [5.74, 6) is 1.05. The van der Waals surface area contributed by atoms with Crippen molar-refractivity contribution in [3.8, 4) is 0 Å². The first-order valence-electron chi connectivity index (χ1n) is 6.18. The van der Waals surface area contributed by atoms with Gasteiger partial charge in [-0.15, -0.1) is 0 Å². The summed E-state index contributed by atoms with van der Waals surface area (Å²) in [5.41, 5.74) is 6.99. The van der Waals surface area contributed by atoms with E-state index in [-0.39, 0.29) is 5.92 Å². The van der Waals surface area contributed by atoms with Crippen molar-refractivity contribution < 1.29 is 0 Å². The predicted molar refractivity (Wildman–Crippen MR) is 67.7 cm³/mol. The van der Waals surface area contributed by atoms with Crippen molar-refractivity contribution in [2.75, 3.05) is 0 Å². The van der Waals surface area contributed by atoms with Crippen LogP contribution in [0.1, 0.15) is 43.6 Å². The van der Waals surface area contributed by atoms with Gasteiger partial charge in [0.25, 0.3) is 0 Å². The maximum Gasteiger partial charge on any atom is 0.0984 e. The van der Waals surface area contributed by atoms with Crippen LogP contribution in [-0.2, 0) is 0 Å². The Balaban J connectivity index is 2.20. The molecule has 0 unspecified atom stereocenters. The average molecular weight is 216 g/mol. The van der Waals surface area contributed by atoms with Crippen LogP contribution in [0, 0.1) is 11.3 Å². The molecule has 1 fully saturated rings. The van der Waals surface area contributed by atoms with Crippen LogP contribution in [0.4, 0.5) is 0 Å². The third-order valence-corrected chi connectivity index (χ3v) is 3.61. The van der Waals surface area contributed by atoms with E-state index < -0.39 is 0 Å². The zero-order chi connectivity index (χ0) is 11.4. The molecule has 2 rings (SSSR count). The van der Waals surface area contributed by atoms with E-state index in [0.717, 1.165) is 0 Å². The minimum atomic E-state index is 0.140. The van der Waals surface area contributed by atoms with E-state index >= 15 is 0 Å². The van der Waals surface area contributed by atoms with Gasteiger partial charge in [0.15, 0.2) is 0 Å². The summed E-state index contributed by atoms with van der Waals surface area (Å²) in [5, 5.41) is 7.80. The van der Waals surface area contributed by atoms with Gasteiger partial charge in [0.2, 0.25) is 0 Å². The number of amidine groups is 1. The van der Waals surface area contributed by atoms with E-state index in [1.54, 1.807) is 0 Å². The van der Waals surface area contributed by atoms with E-state index in [2.05, 4.69) is 12.1 Å². The lowest BCUT2D eigenvalue weighted by Gasteiger charge is -2.29. The Morgan fingerprint density at radius 1 is 1.12 bits per heavy atom. The molecule has 0 amide bonds. The first-order chi connectivity index (χ1) is 7.79. The molecule has 16 heavy (non-hydrogen) atoms. The molecule has 0 spiro atoms. The van der Waals surface area contributed by atoms with E-state index in [0.29, 0.717) is 11.8 Å². The second kappa shape index (κ2) is 5.15. The van der Waals surface area contributed by atoms with Crippen molar-refractivity contribution in [2.24, 2.45) is 11.7 Å². The van der Waals surface area contributed by atoms with E-state index in [9.17, 15) is 0 Å². The molecule has 1 aliphatic rings. The number of nitrogens with one attached hydrogen (secondary N) is 1. The van der Waals surface area contributed by atoms with E-state index in [1.165, 1.54) is 37.7 Å². The highest BCUT2D eigenvalue weighted by Gasteiger charge is 2.26. The lowest BCUT2D eigenvalue weighted by Crippen LogP contribution is -2.28. The fourth-order valence-electron chi connectivity index (χ4n) is 2.83. The van der Waals surface area contributed by atoms with Crippen LogP contribution in [-0.4, -0.2) is 5.84 Å². The van der Waals surface area contributed by atoms with Crippen molar-refractivity contribution in [1.82, 2.24) is 0 Å². The number of hydrogen-bond donors (Lipinski definition) is 2. The van der Waals surface area contributed by atoms with Crippen LogP contribution in [0.2, 0.25) is 0 Å². The molecule has 1 aromatic rings. The highest BCUT2D eigenvalue weighted by atomic mass is 14.7. The second-order valence-corrected chi connectivity index (χ2v) is 4.74. The monoisotopic (exact) mass is 216 g/mol. The Kier molecular flexibility index (Phi) is 3.60. The van der Waals surface area contributed by atoms with Gasteiger partial charge in [-0.3, -0.25) is 5.41 Å². The summed E-state index contributed by atoms with van der Waals surface area (Å²) in [6.45, 7) is 0. The maximum atomic E-state index is 7.80. The Labute approximate surface area is 97.4 Å². The molecule has 3 N–H and O–H groups in total. The normalized spacial score (nSPS) is 19.2. The van der Waals surface area contributed by atoms with Crippen molar-refractivity contribution in [2.45, 2.75) is 38.0 Å². The lowest BCUT2D eigenvalue weighted by molar-refractivity contribution is 0.340. The largest absolute Gasteiger partial charge is 0.387 e. The molecular formula is C14H20N2. The topological polar surface area (TPSA) is 49.9 Å². The number of hydrogen-bond acceptors (Lipinski definition) is 1. The van der Waals surface area contributed by atoms with Gasteiger partial charge in [0.05, 0.1) is 5.84 Å². The third-order valence-electron chi connectivity index (χ3n) is 3.61.